The predicted molar refractivity (Wildman–Crippen MR) is 230 cm³/mol. The molecule has 1 atom stereocenters. The maximum Gasteiger partial charge on any atom is -1.00 e. The Morgan fingerprint density at radius 3 is 1.82 bits per heavy atom. The number of hydrogen-bond donors (Lipinski definition) is 0. The summed E-state index contributed by atoms with van der Waals surface area (Å²) in [6.45, 7) is 9.42. The molecule has 0 aromatic heterocycles. The van der Waals surface area contributed by atoms with E-state index in [1.54, 1.807) is 6.55 Å². The SMILES string of the molecule is CCCCC1C=C(C(C)(C)C)C=[C]1[Zr+2](=[C](c1cccc(Cl)c1)c1cccc(Cl)c1)[c]1c(-c2ccccc2)ccc2c1Cc1cc(-c3ccccc3)ccc1-2.[Cl-].[Cl-]. The fourth-order valence-corrected chi connectivity index (χ4v) is 17.7. The van der Waals surface area contributed by atoms with E-state index in [-0.39, 0.29) is 30.2 Å². The Morgan fingerprint density at radius 1 is 0.643 bits per heavy atom. The Bertz CT molecular complexity index is 2410. The first-order valence-electron chi connectivity index (χ1n) is 19.3. The standard InChI is InChI=1S/C25H17.C13H8Cl2.C13H21.2ClH.Zr/c1-3-7-18(8-4-1)20-11-13-24-22(15-20)17-23-16-21(12-14-25(23)24)19-9-5-2-6-10-19;14-12-5-1-3-10(8-12)7-11-4-2-6-13(15)9-11;1-5-6-7-11-8-9-12(10-11)13(2,3)4;;;/h1-15H,17H2;1-6,8-9H;9-11H,5-7H2,1-4H3;2*1H;/q;;;;;+2/p-2. The van der Waals surface area contributed by atoms with Crippen molar-refractivity contribution in [1.29, 1.82) is 0 Å². The summed E-state index contributed by atoms with van der Waals surface area (Å²) in [7, 11) is 0. The van der Waals surface area contributed by atoms with Gasteiger partial charge in [-0.05, 0) is 0 Å². The van der Waals surface area contributed by atoms with Crippen LogP contribution < -0.4 is 28.1 Å². The molecule has 0 bridgehead atoms. The largest absolute Gasteiger partial charge is 1.00 e. The van der Waals surface area contributed by atoms with Crippen LogP contribution in [-0.4, -0.2) is 3.21 Å². The molecule has 0 nitrogen and oxygen atoms in total. The number of fused-ring (bicyclic) bond motifs is 3. The van der Waals surface area contributed by atoms with Gasteiger partial charge < -0.3 is 24.8 Å². The van der Waals surface area contributed by atoms with Gasteiger partial charge in [0.05, 0.1) is 0 Å². The number of halogens is 4. The molecule has 6 aromatic carbocycles. The number of allylic oxidation sites excluding steroid dienone is 4. The molecular weight excluding hydrogens is 846 g/mol. The molecule has 56 heavy (non-hydrogen) atoms. The second kappa shape index (κ2) is 18.1. The molecule has 0 radical (unpaired) electrons. The van der Waals surface area contributed by atoms with Crippen molar-refractivity contribution in [2.24, 2.45) is 11.3 Å². The van der Waals surface area contributed by atoms with Crippen LogP contribution in [0.15, 0.2) is 161 Å². The molecule has 0 spiro atoms. The Balaban J connectivity index is 0.00000266. The van der Waals surface area contributed by atoms with E-state index >= 15 is 0 Å². The van der Waals surface area contributed by atoms with E-state index in [4.69, 9.17) is 23.2 Å². The van der Waals surface area contributed by atoms with Gasteiger partial charge in [0.2, 0.25) is 0 Å². The van der Waals surface area contributed by atoms with Gasteiger partial charge in [0, 0.05) is 0 Å². The van der Waals surface area contributed by atoms with E-state index in [1.807, 2.05) is 12.1 Å². The fraction of sp³-hybridized carbons (Fsp3) is 0.196. The third kappa shape index (κ3) is 8.60. The molecule has 2 aliphatic rings. The summed E-state index contributed by atoms with van der Waals surface area (Å²) in [5.41, 5.74) is 14.7. The summed E-state index contributed by atoms with van der Waals surface area (Å²) < 4.78 is 4.66. The Morgan fingerprint density at radius 2 is 1.23 bits per heavy atom. The molecule has 0 fully saturated rings. The summed E-state index contributed by atoms with van der Waals surface area (Å²) in [6.07, 6.45) is 9.72. The average Bonchev–Trinajstić information content (AvgIpc) is 3.78. The molecule has 0 aliphatic heterocycles. The van der Waals surface area contributed by atoms with E-state index in [9.17, 15) is 0 Å². The number of rotatable bonds is 9. The van der Waals surface area contributed by atoms with Gasteiger partial charge in [0.25, 0.3) is 0 Å². The number of hydrogen-bond acceptors (Lipinski definition) is 0. The van der Waals surface area contributed by atoms with Crippen molar-refractivity contribution in [2.45, 2.75) is 53.4 Å². The molecule has 2 aliphatic carbocycles. The number of unbranched alkanes of at least 4 members (excludes halogenated alkanes) is 1. The summed E-state index contributed by atoms with van der Waals surface area (Å²) in [6, 6.07) is 51.1. The van der Waals surface area contributed by atoms with Gasteiger partial charge >= 0.3 is 342 Å². The molecule has 0 heterocycles. The summed E-state index contributed by atoms with van der Waals surface area (Å²) >= 11 is 10.6. The summed E-state index contributed by atoms with van der Waals surface area (Å²) in [5, 5.41) is 1.52. The molecular formula is C51H46Cl4Zr. The van der Waals surface area contributed by atoms with E-state index < -0.39 is 21.3 Å². The number of benzene rings is 6. The Hall–Kier alpha value is -3.29. The Labute approximate surface area is 363 Å². The summed E-state index contributed by atoms with van der Waals surface area (Å²) in [5.74, 6) is 0.384. The van der Waals surface area contributed by atoms with Gasteiger partial charge in [0.1, 0.15) is 0 Å². The third-order valence-electron chi connectivity index (χ3n) is 11.1. The fourth-order valence-electron chi connectivity index (χ4n) is 8.40. The molecule has 0 N–H and O–H groups in total. The molecule has 1 unspecified atom stereocenters. The van der Waals surface area contributed by atoms with Gasteiger partial charge in [-0.15, -0.1) is 0 Å². The van der Waals surface area contributed by atoms with Crippen LogP contribution in [0, 0.1) is 11.3 Å². The van der Waals surface area contributed by atoms with E-state index in [2.05, 4.69) is 167 Å². The van der Waals surface area contributed by atoms with Crippen LogP contribution in [0.25, 0.3) is 33.4 Å². The van der Waals surface area contributed by atoms with Crippen LogP contribution in [0.4, 0.5) is 0 Å². The maximum absolute atomic E-state index is 6.90. The van der Waals surface area contributed by atoms with Crippen molar-refractivity contribution < 1.29 is 46.1 Å². The van der Waals surface area contributed by atoms with E-state index in [0.717, 1.165) is 22.9 Å². The average molecular weight is 892 g/mol. The zero-order valence-corrected chi connectivity index (χ0v) is 37.8. The minimum atomic E-state index is -3.24. The molecule has 0 amide bonds. The van der Waals surface area contributed by atoms with Crippen LogP contribution >= 0.6 is 23.2 Å². The quantitative estimate of drug-likeness (QED) is 0.138. The third-order valence-corrected chi connectivity index (χ3v) is 19.5. The van der Waals surface area contributed by atoms with Crippen LogP contribution in [0.3, 0.4) is 0 Å². The van der Waals surface area contributed by atoms with Gasteiger partial charge in [0.15, 0.2) is 0 Å². The topological polar surface area (TPSA) is 0 Å². The van der Waals surface area contributed by atoms with Crippen molar-refractivity contribution in [3.63, 3.8) is 0 Å². The zero-order valence-electron chi connectivity index (χ0n) is 32.4. The van der Waals surface area contributed by atoms with Gasteiger partial charge in [-0.1, -0.05) is 0 Å². The van der Waals surface area contributed by atoms with Crippen LogP contribution in [0.2, 0.25) is 10.0 Å². The molecule has 282 valence electrons. The van der Waals surface area contributed by atoms with Crippen LogP contribution in [0.5, 0.6) is 0 Å². The summed E-state index contributed by atoms with van der Waals surface area (Å²) in [4.78, 5) is 0. The minimum absolute atomic E-state index is 0. The van der Waals surface area contributed by atoms with Crippen molar-refractivity contribution in [2.75, 3.05) is 0 Å². The smallest absolute Gasteiger partial charge is 1.00 e. The van der Waals surface area contributed by atoms with Crippen molar-refractivity contribution in [3.8, 4) is 33.4 Å². The molecule has 0 saturated heterocycles. The second-order valence-electron chi connectivity index (χ2n) is 15.8. The molecule has 6 aromatic rings. The van der Waals surface area contributed by atoms with Gasteiger partial charge in [-0.2, -0.15) is 0 Å². The van der Waals surface area contributed by atoms with Gasteiger partial charge in [-0.3, -0.25) is 0 Å². The Kier molecular flexibility index (Phi) is 13.7. The first-order chi connectivity index (χ1) is 26.2. The van der Waals surface area contributed by atoms with Gasteiger partial charge in [-0.25, -0.2) is 0 Å². The van der Waals surface area contributed by atoms with Crippen LogP contribution in [0.1, 0.15) is 69.2 Å². The molecule has 5 heteroatoms. The van der Waals surface area contributed by atoms with Crippen molar-refractivity contribution in [3.05, 3.63) is 193 Å². The van der Waals surface area contributed by atoms with Crippen molar-refractivity contribution >= 4 is 29.7 Å². The molecule has 0 saturated carbocycles. The van der Waals surface area contributed by atoms with E-state index in [1.165, 1.54) is 77.3 Å². The minimum Gasteiger partial charge on any atom is -1.00 e. The first kappa shape index (κ1) is 42.3. The van der Waals surface area contributed by atoms with Crippen molar-refractivity contribution in [1.82, 2.24) is 0 Å². The monoisotopic (exact) mass is 888 g/mol. The van der Waals surface area contributed by atoms with E-state index in [0.29, 0.717) is 5.92 Å². The predicted octanol–water partition coefficient (Wildman–Crippen LogP) is 8.10. The normalized spacial score (nSPS) is 14.0. The maximum atomic E-state index is 6.90. The first-order valence-corrected chi connectivity index (χ1v) is 23.7. The second-order valence-corrected chi connectivity index (χ2v) is 22.4. The van der Waals surface area contributed by atoms with Crippen LogP contribution in [-0.2, 0) is 27.7 Å². The molecule has 8 rings (SSSR count). The zero-order chi connectivity index (χ0) is 37.4.